The van der Waals surface area contributed by atoms with Crippen molar-refractivity contribution in [1.82, 2.24) is 0 Å². The second-order valence-electron chi connectivity index (χ2n) is 4.15. The van der Waals surface area contributed by atoms with Crippen LogP contribution in [-0.4, -0.2) is 40.7 Å². The van der Waals surface area contributed by atoms with Gasteiger partial charge in [0.05, 0.1) is 21.3 Å². The van der Waals surface area contributed by atoms with Gasteiger partial charge in [0.1, 0.15) is 18.3 Å². The monoisotopic (exact) mass is 309 g/mol. The predicted molar refractivity (Wildman–Crippen MR) is 70.2 cm³/mol. The summed E-state index contributed by atoms with van der Waals surface area (Å²) in [5, 5.41) is 0. The summed E-state index contributed by atoms with van der Waals surface area (Å²) < 4.78 is 58.2. The molecule has 1 aromatic carbocycles. The third kappa shape index (κ3) is 4.32. The molecule has 21 heavy (non-hydrogen) atoms. The molecule has 0 radical (unpaired) electrons. The molecule has 5 nitrogen and oxygen atoms in total. The van der Waals surface area contributed by atoms with Crippen molar-refractivity contribution in [3.05, 3.63) is 12.1 Å². The molecule has 0 fully saturated rings. The summed E-state index contributed by atoms with van der Waals surface area (Å²) in [7, 11) is 4.23. The molecule has 120 valence electrons. The number of halogens is 3. The number of alkyl halides is 3. The van der Waals surface area contributed by atoms with Crippen molar-refractivity contribution >= 4 is 0 Å². The van der Waals surface area contributed by atoms with Gasteiger partial charge in [0.15, 0.2) is 11.5 Å². The van der Waals surface area contributed by atoms with Crippen molar-refractivity contribution in [1.29, 1.82) is 0 Å². The van der Waals surface area contributed by atoms with Crippen molar-refractivity contribution in [3.8, 4) is 23.0 Å². The smallest absolute Gasteiger partial charge is 0.396 e. The van der Waals surface area contributed by atoms with Crippen LogP contribution < -0.4 is 24.7 Å². The van der Waals surface area contributed by atoms with Crippen LogP contribution in [0.25, 0.3) is 0 Å². The Bertz CT molecular complexity index is 440. The lowest BCUT2D eigenvalue weighted by Crippen LogP contribution is -2.35. The van der Waals surface area contributed by atoms with E-state index in [1.807, 2.05) is 0 Å². The molecule has 0 aliphatic heterocycles. The number of benzene rings is 1. The highest BCUT2D eigenvalue weighted by atomic mass is 19.4. The van der Waals surface area contributed by atoms with E-state index < -0.39 is 25.2 Å². The summed E-state index contributed by atoms with van der Waals surface area (Å²) >= 11 is 0. The summed E-state index contributed by atoms with van der Waals surface area (Å²) in [6.07, 6.45) is -4.41. The number of methoxy groups -OCH3 is 3. The summed E-state index contributed by atoms with van der Waals surface area (Å²) in [4.78, 5) is 0. The molecule has 0 saturated heterocycles. The van der Waals surface area contributed by atoms with Crippen LogP contribution in [0.15, 0.2) is 12.1 Å². The molecule has 0 aromatic heterocycles. The van der Waals surface area contributed by atoms with Gasteiger partial charge >= 0.3 is 6.18 Å². The first-order chi connectivity index (χ1) is 9.87. The van der Waals surface area contributed by atoms with E-state index in [1.54, 1.807) is 0 Å². The molecule has 0 bridgehead atoms. The molecule has 1 aromatic rings. The minimum atomic E-state index is -4.41. The highest BCUT2D eigenvalue weighted by molar-refractivity contribution is 5.55. The van der Waals surface area contributed by atoms with Crippen LogP contribution in [0.3, 0.4) is 0 Å². The Morgan fingerprint density at radius 1 is 1.05 bits per heavy atom. The van der Waals surface area contributed by atoms with E-state index in [4.69, 9.17) is 24.7 Å². The van der Waals surface area contributed by atoms with Gasteiger partial charge in [-0.05, 0) is 0 Å². The van der Waals surface area contributed by atoms with E-state index in [1.165, 1.54) is 33.5 Å². The van der Waals surface area contributed by atoms with E-state index in [-0.39, 0.29) is 5.75 Å². The Labute approximate surface area is 120 Å². The minimum Gasteiger partial charge on any atom is -0.493 e. The van der Waals surface area contributed by atoms with Gasteiger partial charge in [-0.25, -0.2) is 0 Å². The number of rotatable bonds is 7. The maximum Gasteiger partial charge on any atom is 0.396 e. The highest BCUT2D eigenvalue weighted by Gasteiger charge is 2.39. The molecule has 1 unspecified atom stereocenters. The quantitative estimate of drug-likeness (QED) is 0.837. The van der Waals surface area contributed by atoms with Crippen molar-refractivity contribution in [2.75, 3.05) is 34.5 Å². The van der Waals surface area contributed by atoms with Crippen LogP contribution in [0.5, 0.6) is 23.0 Å². The second kappa shape index (κ2) is 7.26. The first-order valence-corrected chi connectivity index (χ1v) is 6.06. The summed E-state index contributed by atoms with van der Waals surface area (Å²) in [6, 6.07) is 2.84. The lowest BCUT2D eigenvalue weighted by atomic mass is 10.1. The standard InChI is InChI=1S/C13H18F3NO4/c1-18-10-4-9(5-11(19-2)12(10)20-3)21-7-8(6-17)13(14,15)16/h4-5,8H,6-7,17H2,1-3H3. The highest BCUT2D eigenvalue weighted by Crippen LogP contribution is 2.41. The molecule has 0 spiro atoms. The molecule has 0 aliphatic carbocycles. The van der Waals surface area contributed by atoms with Crippen LogP contribution in [-0.2, 0) is 0 Å². The van der Waals surface area contributed by atoms with Crippen molar-refractivity contribution < 1.29 is 32.1 Å². The van der Waals surface area contributed by atoms with Gasteiger partial charge in [0.25, 0.3) is 0 Å². The number of nitrogens with two attached hydrogens (primary N) is 1. The Hall–Kier alpha value is -1.83. The molecule has 2 N–H and O–H groups in total. The predicted octanol–water partition coefficient (Wildman–Crippen LogP) is 2.23. The fraction of sp³-hybridized carbons (Fsp3) is 0.538. The lowest BCUT2D eigenvalue weighted by Gasteiger charge is -2.20. The summed E-state index contributed by atoms with van der Waals surface area (Å²) in [5.41, 5.74) is 5.11. The van der Waals surface area contributed by atoms with E-state index in [0.717, 1.165) is 0 Å². The molecule has 0 aliphatic rings. The van der Waals surface area contributed by atoms with Gasteiger partial charge < -0.3 is 24.7 Å². The molecule has 0 saturated carbocycles. The zero-order valence-electron chi connectivity index (χ0n) is 12.0. The van der Waals surface area contributed by atoms with E-state index >= 15 is 0 Å². The van der Waals surface area contributed by atoms with Gasteiger partial charge in [0.2, 0.25) is 5.75 Å². The van der Waals surface area contributed by atoms with Crippen LogP contribution in [0.2, 0.25) is 0 Å². The third-order valence-electron chi connectivity index (χ3n) is 2.84. The Balaban J connectivity index is 2.94. The Kier molecular flexibility index (Phi) is 5.95. The third-order valence-corrected chi connectivity index (χ3v) is 2.84. The molecule has 1 rings (SSSR count). The van der Waals surface area contributed by atoms with Crippen molar-refractivity contribution in [2.24, 2.45) is 11.7 Å². The van der Waals surface area contributed by atoms with Gasteiger partial charge in [-0.15, -0.1) is 0 Å². The summed E-state index contributed by atoms with van der Waals surface area (Å²) in [6.45, 7) is -1.13. The average Bonchev–Trinajstić information content (AvgIpc) is 2.45. The summed E-state index contributed by atoms with van der Waals surface area (Å²) in [5.74, 6) is -0.645. The Morgan fingerprint density at radius 3 is 1.90 bits per heavy atom. The number of hydrogen-bond donors (Lipinski definition) is 1. The van der Waals surface area contributed by atoms with Gasteiger partial charge in [-0.1, -0.05) is 0 Å². The number of hydrogen-bond acceptors (Lipinski definition) is 5. The first-order valence-electron chi connectivity index (χ1n) is 6.06. The van der Waals surface area contributed by atoms with Crippen molar-refractivity contribution in [3.63, 3.8) is 0 Å². The molecule has 0 heterocycles. The van der Waals surface area contributed by atoms with E-state index in [0.29, 0.717) is 17.2 Å². The van der Waals surface area contributed by atoms with Crippen LogP contribution in [0.4, 0.5) is 13.2 Å². The largest absolute Gasteiger partial charge is 0.493 e. The fourth-order valence-electron chi connectivity index (χ4n) is 1.63. The van der Waals surface area contributed by atoms with Crippen LogP contribution in [0, 0.1) is 5.92 Å². The SMILES string of the molecule is COc1cc(OCC(CN)C(F)(F)F)cc(OC)c1OC. The van der Waals surface area contributed by atoms with Crippen LogP contribution >= 0.6 is 0 Å². The average molecular weight is 309 g/mol. The molecule has 8 heteroatoms. The maximum atomic E-state index is 12.6. The molecular formula is C13H18F3NO4. The van der Waals surface area contributed by atoms with Crippen molar-refractivity contribution in [2.45, 2.75) is 6.18 Å². The Morgan fingerprint density at radius 2 is 1.57 bits per heavy atom. The molecule has 0 amide bonds. The van der Waals surface area contributed by atoms with Crippen LogP contribution in [0.1, 0.15) is 0 Å². The minimum absolute atomic E-state index is 0.173. The van der Waals surface area contributed by atoms with Gasteiger partial charge in [-0.2, -0.15) is 13.2 Å². The lowest BCUT2D eigenvalue weighted by molar-refractivity contribution is -0.178. The molecular weight excluding hydrogens is 291 g/mol. The fourth-order valence-corrected chi connectivity index (χ4v) is 1.63. The number of ether oxygens (including phenoxy) is 4. The van der Waals surface area contributed by atoms with Gasteiger partial charge in [-0.3, -0.25) is 0 Å². The first kappa shape index (κ1) is 17.2. The molecule has 1 atom stereocenters. The van der Waals surface area contributed by atoms with Gasteiger partial charge in [0, 0.05) is 18.7 Å². The van der Waals surface area contributed by atoms with E-state index in [9.17, 15) is 13.2 Å². The second-order valence-corrected chi connectivity index (χ2v) is 4.15. The zero-order valence-corrected chi connectivity index (χ0v) is 12.0. The topological polar surface area (TPSA) is 62.9 Å². The normalized spacial score (nSPS) is 12.7. The van der Waals surface area contributed by atoms with E-state index in [2.05, 4.69) is 0 Å². The maximum absolute atomic E-state index is 12.6. The zero-order chi connectivity index (χ0) is 16.0.